The van der Waals surface area contributed by atoms with Gasteiger partial charge in [-0.05, 0) is 147 Å². The molecule has 1 radical (unpaired) electrons. The van der Waals surface area contributed by atoms with Crippen LogP contribution in [0.3, 0.4) is 0 Å². The molecular formula is C90H138NdO12P3. The summed E-state index contributed by atoms with van der Waals surface area (Å²) < 4.78 is 71.2. The van der Waals surface area contributed by atoms with Crippen molar-refractivity contribution in [1.29, 1.82) is 0 Å². The number of phosphoric ester groups is 3. The van der Waals surface area contributed by atoms with E-state index in [0.717, 1.165) is 149 Å². The smallest absolute Gasteiger partial charge is 0.736 e. The van der Waals surface area contributed by atoms with Gasteiger partial charge in [0.1, 0.15) is 34.5 Å². The van der Waals surface area contributed by atoms with Crippen molar-refractivity contribution in [3.8, 4) is 34.5 Å². The van der Waals surface area contributed by atoms with Crippen molar-refractivity contribution in [2.45, 2.75) is 350 Å². The number of hydrogen-bond acceptors (Lipinski definition) is 12. The van der Waals surface area contributed by atoms with Gasteiger partial charge in [0.2, 0.25) is 0 Å². The van der Waals surface area contributed by atoms with Crippen molar-refractivity contribution >= 4 is 23.5 Å². The number of unbranched alkanes of at least 4 members (excludes halogenated alkanes) is 36. The number of benzene rings is 6. The summed E-state index contributed by atoms with van der Waals surface area (Å²) in [4.78, 5) is 38.4. The molecule has 0 aliphatic rings. The van der Waals surface area contributed by atoms with Crippen LogP contribution in [-0.4, -0.2) is 0 Å². The van der Waals surface area contributed by atoms with E-state index >= 15 is 0 Å². The van der Waals surface area contributed by atoms with Crippen molar-refractivity contribution in [2.24, 2.45) is 0 Å². The van der Waals surface area contributed by atoms with Gasteiger partial charge in [0.15, 0.2) is 0 Å². The van der Waals surface area contributed by atoms with E-state index in [2.05, 4.69) is 41.5 Å². The number of phosphoric acid groups is 3. The Hall–Kier alpha value is -3.96. The second-order valence-corrected chi connectivity index (χ2v) is 32.5. The molecule has 0 N–H and O–H groups in total. The van der Waals surface area contributed by atoms with Crippen LogP contribution in [0.1, 0.15) is 345 Å². The largest absolute Gasteiger partial charge is 3.00 e. The Bertz CT molecular complexity index is 2750. The first-order valence-electron chi connectivity index (χ1n) is 41.7. The molecule has 0 bridgehead atoms. The zero-order chi connectivity index (χ0) is 75.6. The van der Waals surface area contributed by atoms with E-state index in [1.54, 1.807) is 72.8 Å². The van der Waals surface area contributed by atoms with Gasteiger partial charge in [0, 0.05) is 0 Å². The fourth-order valence-corrected chi connectivity index (χ4v) is 15.8. The van der Waals surface area contributed by atoms with Gasteiger partial charge in [0.25, 0.3) is 0 Å². The second kappa shape index (κ2) is 61.7. The summed E-state index contributed by atoms with van der Waals surface area (Å²) in [5.41, 5.74) is 5.48. The Morgan fingerprint density at radius 2 is 0.311 bits per heavy atom. The maximum absolute atomic E-state index is 12.8. The quantitative estimate of drug-likeness (QED) is 0.0261. The van der Waals surface area contributed by atoms with E-state index in [1.165, 1.54) is 193 Å². The van der Waals surface area contributed by atoms with Crippen LogP contribution < -0.4 is 41.8 Å². The molecule has 0 atom stereocenters. The normalized spacial score (nSPS) is 11.4. The summed E-state index contributed by atoms with van der Waals surface area (Å²) in [6, 6.07) is 44.4. The Morgan fingerprint density at radius 1 is 0.198 bits per heavy atom. The Labute approximate surface area is 677 Å². The van der Waals surface area contributed by atoms with E-state index < -0.39 is 23.5 Å². The van der Waals surface area contributed by atoms with Gasteiger partial charge in [-0.2, -0.15) is 0 Å². The van der Waals surface area contributed by atoms with Crippen molar-refractivity contribution < 1.29 is 96.4 Å². The van der Waals surface area contributed by atoms with Crippen molar-refractivity contribution in [2.75, 3.05) is 0 Å². The molecule has 0 spiro atoms. The third-order valence-corrected chi connectivity index (χ3v) is 21.9. The molecule has 12 nitrogen and oxygen atoms in total. The van der Waals surface area contributed by atoms with E-state index in [1.807, 2.05) is 72.8 Å². The molecule has 0 amide bonds. The van der Waals surface area contributed by atoms with Gasteiger partial charge >= 0.3 is 64.3 Å². The van der Waals surface area contributed by atoms with Crippen LogP contribution in [0.2, 0.25) is 0 Å². The first-order valence-corrected chi connectivity index (χ1v) is 46.1. The molecule has 589 valence electrons. The maximum Gasteiger partial charge on any atom is 3.00 e. The molecule has 106 heavy (non-hydrogen) atoms. The molecule has 16 heteroatoms. The van der Waals surface area contributed by atoms with Gasteiger partial charge in [-0.1, -0.05) is 382 Å². The Kier molecular flexibility index (Phi) is 56.0. The first kappa shape index (κ1) is 96.2. The summed E-state index contributed by atoms with van der Waals surface area (Å²) in [5, 5.41) is 0. The van der Waals surface area contributed by atoms with Gasteiger partial charge in [0.05, 0.1) is 0 Å². The molecule has 0 unspecified atom stereocenters. The topological polar surface area (TPSA) is 176 Å². The minimum atomic E-state index is -4.56. The van der Waals surface area contributed by atoms with Crippen LogP contribution in [0.15, 0.2) is 146 Å². The summed E-state index contributed by atoms with van der Waals surface area (Å²) >= 11 is 0. The van der Waals surface area contributed by atoms with Gasteiger partial charge in [-0.25, -0.2) is 13.7 Å². The van der Waals surface area contributed by atoms with Crippen molar-refractivity contribution in [3.05, 3.63) is 179 Å². The van der Waals surface area contributed by atoms with Crippen LogP contribution in [0.5, 0.6) is 34.5 Å². The fourth-order valence-electron chi connectivity index (χ4n) is 13.2. The number of hydrogen-bond donors (Lipinski definition) is 0. The number of para-hydroxylation sites is 6. The standard InChI is InChI=1S/3C30H47O4P.Nd/c3*1-3-5-7-9-11-13-15-21-27-23-17-19-25-29(27)33-35(31,32)34-30-26-20-18-24-28(30)22-16-14-12-10-8-6-4-2;/h3*17-20,23-26H,3-16,21-22H2,1-2H3,(H,31,32);/q;;;+3/p-3. The Balaban J connectivity index is 0.000000411. The van der Waals surface area contributed by atoms with Crippen LogP contribution in [0, 0.1) is 40.8 Å². The number of aryl methyl sites for hydroxylation is 6. The average molecular weight is 1650 g/mol. The molecule has 0 saturated carbocycles. The fraction of sp³-hybridized carbons (Fsp3) is 0.600. The van der Waals surface area contributed by atoms with Crippen molar-refractivity contribution in [1.82, 2.24) is 0 Å². The zero-order valence-electron chi connectivity index (χ0n) is 66.5. The third kappa shape index (κ3) is 46.0. The van der Waals surface area contributed by atoms with Crippen LogP contribution >= 0.6 is 23.5 Å². The Morgan fingerprint density at radius 3 is 0.443 bits per heavy atom. The van der Waals surface area contributed by atoms with E-state index in [9.17, 15) is 28.4 Å². The summed E-state index contributed by atoms with van der Waals surface area (Å²) in [6.45, 7) is 13.4. The summed E-state index contributed by atoms with van der Waals surface area (Å²) in [7, 11) is -13.7. The molecule has 0 saturated heterocycles. The number of rotatable bonds is 60. The van der Waals surface area contributed by atoms with Crippen molar-refractivity contribution in [3.63, 3.8) is 0 Å². The van der Waals surface area contributed by atoms with Gasteiger partial charge in [-0.3, -0.25) is 0 Å². The van der Waals surface area contributed by atoms with Crippen LogP contribution in [-0.2, 0) is 52.2 Å². The SMILES string of the molecule is CCCCCCCCCc1ccccc1OP(=O)([O-])Oc1ccccc1CCCCCCCCC.CCCCCCCCCc1ccccc1OP(=O)([O-])Oc1ccccc1CCCCCCCCC.CCCCCCCCCc1ccccc1OP(=O)([O-])Oc1ccccc1CCCCCCCCC.[Nd+3]. The molecule has 6 rings (SSSR count). The molecule has 0 aliphatic carbocycles. The molecule has 0 fully saturated rings. The maximum atomic E-state index is 12.8. The molecule has 0 aliphatic heterocycles. The van der Waals surface area contributed by atoms with Gasteiger partial charge < -0.3 is 41.8 Å². The average Bonchev–Trinajstić information content (AvgIpc) is 0.844. The molecule has 0 heterocycles. The second-order valence-electron chi connectivity index (χ2n) is 28.8. The summed E-state index contributed by atoms with van der Waals surface area (Å²) in [6.07, 6.45) is 56.0. The zero-order valence-corrected chi connectivity index (χ0v) is 72.4. The van der Waals surface area contributed by atoms with Crippen LogP contribution in [0.25, 0.3) is 0 Å². The first-order chi connectivity index (χ1) is 51.2. The molecule has 0 aromatic heterocycles. The van der Waals surface area contributed by atoms with E-state index in [4.69, 9.17) is 27.1 Å². The monoisotopic (exact) mass is 1650 g/mol. The molecule has 6 aromatic rings. The third-order valence-electron chi connectivity index (χ3n) is 19.4. The molecule has 6 aromatic carbocycles. The summed E-state index contributed by atoms with van der Waals surface area (Å²) in [5.74, 6) is 2.26. The predicted molar refractivity (Wildman–Crippen MR) is 435 cm³/mol. The minimum absolute atomic E-state index is 0. The predicted octanol–water partition coefficient (Wildman–Crippen LogP) is 27.6. The van der Waals surface area contributed by atoms with E-state index in [0.29, 0.717) is 34.5 Å². The van der Waals surface area contributed by atoms with Gasteiger partial charge in [-0.15, -0.1) is 0 Å². The van der Waals surface area contributed by atoms with E-state index in [-0.39, 0.29) is 40.8 Å². The van der Waals surface area contributed by atoms with Crippen LogP contribution in [0.4, 0.5) is 0 Å². The molecular weight excluding hydrogens is 1510 g/mol. The minimum Gasteiger partial charge on any atom is -0.736 e.